The maximum absolute atomic E-state index is 13.4. The first-order valence-corrected chi connectivity index (χ1v) is 14.0. The van der Waals surface area contributed by atoms with Crippen LogP contribution in [0.25, 0.3) is 10.9 Å². The number of hydrogen-bond acceptors (Lipinski definition) is 4. The van der Waals surface area contributed by atoms with Crippen LogP contribution < -0.4 is 10.6 Å². The monoisotopic (exact) mass is 531 g/mol. The highest BCUT2D eigenvalue weighted by molar-refractivity contribution is 7.98. The van der Waals surface area contributed by atoms with Gasteiger partial charge >= 0.3 is 6.18 Å². The third kappa shape index (κ3) is 7.78. The van der Waals surface area contributed by atoms with Crippen molar-refractivity contribution in [3.05, 3.63) is 48.2 Å². The second-order valence-corrected chi connectivity index (χ2v) is 9.99. The van der Waals surface area contributed by atoms with E-state index in [1.807, 2.05) is 32.2 Å². The molecule has 1 heterocycles. The molecule has 4 rings (SSSR count). The van der Waals surface area contributed by atoms with E-state index in [1.54, 1.807) is 30.3 Å². The topological polar surface area (TPSA) is 49.2 Å². The largest absolute Gasteiger partial charge is 0.506 e. The zero-order valence-corrected chi connectivity index (χ0v) is 22.7. The Hall–Kier alpha value is -2.92. The zero-order valence-electron chi connectivity index (χ0n) is 21.9. The van der Waals surface area contributed by atoms with Crippen LogP contribution in [0.2, 0.25) is 0 Å². The number of nitrogens with one attached hydrogen (secondary N) is 2. The molecule has 0 spiro atoms. The number of benzene rings is 2. The summed E-state index contributed by atoms with van der Waals surface area (Å²) < 4.78 is 41.5. The molecule has 8 heteroatoms. The molecule has 37 heavy (non-hydrogen) atoms. The molecule has 0 bridgehead atoms. The molecule has 0 unspecified atom stereocenters. The molecule has 200 valence electrons. The van der Waals surface area contributed by atoms with Crippen LogP contribution in [0.4, 0.5) is 24.5 Å². The zero-order chi connectivity index (χ0) is 27.0. The highest BCUT2D eigenvalue weighted by Crippen LogP contribution is 2.33. The van der Waals surface area contributed by atoms with Crippen LogP contribution in [0.5, 0.6) is 5.75 Å². The van der Waals surface area contributed by atoms with Crippen molar-refractivity contribution in [2.45, 2.75) is 70.1 Å². The summed E-state index contributed by atoms with van der Waals surface area (Å²) in [6.45, 7) is 5.34. The molecular formula is C29H36F3N3OS. The Morgan fingerprint density at radius 2 is 1.78 bits per heavy atom. The maximum Gasteiger partial charge on any atom is 0.406 e. The minimum atomic E-state index is -4.37. The third-order valence-corrected chi connectivity index (χ3v) is 7.17. The first-order valence-electron chi connectivity index (χ1n) is 12.8. The highest BCUT2D eigenvalue weighted by atomic mass is 32.2. The molecule has 1 saturated carbocycles. The highest BCUT2D eigenvalue weighted by Gasteiger charge is 2.30. The van der Waals surface area contributed by atoms with Crippen LogP contribution in [-0.2, 0) is 6.54 Å². The van der Waals surface area contributed by atoms with E-state index in [-0.39, 0.29) is 12.3 Å². The van der Waals surface area contributed by atoms with Crippen LogP contribution in [0.3, 0.4) is 0 Å². The number of nitrogens with zero attached hydrogens (tertiary/aromatic N) is 1. The molecule has 1 aliphatic carbocycles. The number of phenolic OH excluding ortho intramolecular Hbond substituents is 1. The third-order valence-electron chi connectivity index (χ3n) is 6.45. The van der Waals surface area contributed by atoms with Crippen molar-refractivity contribution < 1.29 is 18.3 Å². The van der Waals surface area contributed by atoms with Gasteiger partial charge in [-0.25, -0.2) is 0 Å². The average molecular weight is 532 g/mol. The lowest BCUT2D eigenvalue weighted by Crippen LogP contribution is -2.25. The van der Waals surface area contributed by atoms with E-state index in [1.165, 1.54) is 16.3 Å². The fraction of sp³-hybridized carbons (Fsp3) is 0.448. The van der Waals surface area contributed by atoms with Crippen LogP contribution >= 0.6 is 11.8 Å². The van der Waals surface area contributed by atoms with Gasteiger partial charge in [0.2, 0.25) is 0 Å². The molecule has 3 N–H and O–H groups in total. The number of fused-ring (bicyclic) bond motifs is 1. The van der Waals surface area contributed by atoms with Gasteiger partial charge in [0.15, 0.2) is 0 Å². The Morgan fingerprint density at radius 1 is 1.05 bits per heavy atom. The number of anilines is 2. The molecule has 0 amide bonds. The predicted octanol–water partition coefficient (Wildman–Crippen LogP) is 8.11. The summed E-state index contributed by atoms with van der Waals surface area (Å²) in [5.41, 5.74) is 2.20. The van der Waals surface area contributed by atoms with Gasteiger partial charge in [-0.3, -0.25) is 0 Å². The normalized spacial score (nSPS) is 17.4. The summed E-state index contributed by atoms with van der Waals surface area (Å²) in [6, 6.07) is 12.8. The van der Waals surface area contributed by atoms with Crippen molar-refractivity contribution in [3.63, 3.8) is 0 Å². The Morgan fingerprint density at radius 3 is 2.43 bits per heavy atom. The minimum Gasteiger partial charge on any atom is -0.506 e. The lowest BCUT2D eigenvalue weighted by Gasteiger charge is -2.28. The van der Waals surface area contributed by atoms with E-state index in [4.69, 9.17) is 0 Å². The first kappa shape index (κ1) is 28.6. The number of alkyl halides is 3. The van der Waals surface area contributed by atoms with Crippen LogP contribution in [0.15, 0.2) is 47.4 Å². The number of aromatic nitrogens is 1. The summed E-state index contributed by atoms with van der Waals surface area (Å²) in [4.78, 5) is 0.933. The van der Waals surface area contributed by atoms with Gasteiger partial charge in [-0.2, -0.15) is 13.2 Å². The van der Waals surface area contributed by atoms with Crippen molar-refractivity contribution in [1.29, 1.82) is 0 Å². The molecular weight excluding hydrogens is 495 g/mol. The number of halogens is 3. The van der Waals surface area contributed by atoms with Gasteiger partial charge in [0, 0.05) is 22.0 Å². The lowest BCUT2D eigenvalue weighted by molar-refractivity contribution is -0.140. The van der Waals surface area contributed by atoms with Gasteiger partial charge in [0.05, 0.1) is 23.4 Å². The van der Waals surface area contributed by atoms with Crippen LogP contribution in [-0.4, -0.2) is 34.7 Å². The van der Waals surface area contributed by atoms with Crippen molar-refractivity contribution in [1.82, 2.24) is 4.57 Å². The molecule has 1 fully saturated rings. The number of phenols is 1. The molecule has 1 aromatic heterocycles. The Kier molecular flexibility index (Phi) is 10.1. The SMILES string of the molecule is CC.CSc1ccc(NCC#Cc2cc3c(NC4CCC(C)CC4)cccc3n2CC(F)(F)F)c(O)c1. The van der Waals surface area contributed by atoms with Gasteiger partial charge in [-0.1, -0.05) is 32.8 Å². The van der Waals surface area contributed by atoms with Crippen molar-refractivity contribution in [2.75, 3.05) is 23.4 Å². The van der Waals surface area contributed by atoms with Gasteiger partial charge in [-0.05, 0) is 80.2 Å². The van der Waals surface area contributed by atoms with Crippen molar-refractivity contribution >= 4 is 34.0 Å². The average Bonchev–Trinajstić information content (AvgIpc) is 3.22. The van der Waals surface area contributed by atoms with Gasteiger partial charge in [0.25, 0.3) is 0 Å². The Bertz CT molecular complexity index is 1230. The number of thioether (sulfide) groups is 1. The second-order valence-electron chi connectivity index (χ2n) is 9.11. The number of rotatable bonds is 6. The van der Waals surface area contributed by atoms with Gasteiger partial charge in [0.1, 0.15) is 12.3 Å². The quantitative estimate of drug-likeness (QED) is 0.171. The Balaban J connectivity index is 0.00000186. The van der Waals surface area contributed by atoms with Crippen LogP contribution in [0.1, 0.15) is 52.1 Å². The predicted molar refractivity (Wildman–Crippen MR) is 150 cm³/mol. The fourth-order valence-electron chi connectivity index (χ4n) is 4.55. The molecule has 0 saturated heterocycles. The second kappa shape index (κ2) is 13.0. The molecule has 0 radical (unpaired) electrons. The van der Waals surface area contributed by atoms with E-state index in [0.29, 0.717) is 22.9 Å². The molecule has 3 aromatic rings. The van der Waals surface area contributed by atoms with Crippen molar-refractivity contribution in [3.8, 4) is 17.6 Å². The first-order chi connectivity index (χ1) is 17.7. The number of aromatic hydroxyl groups is 1. The van der Waals surface area contributed by atoms with E-state index >= 15 is 0 Å². The summed E-state index contributed by atoms with van der Waals surface area (Å²) in [7, 11) is 0. The van der Waals surface area contributed by atoms with E-state index in [9.17, 15) is 18.3 Å². The fourth-order valence-corrected chi connectivity index (χ4v) is 4.98. The lowest BCUT2D eigenvalue weighted by atomic mass is 9.87. The number of hydrogen-bond donors (Lipinski definition) is 3. The molecule has 4 nitrogen and oxygen atoms in total. The van der Waals surface area contributed by atoms with E-state index < -0.39 is 12.7 Å². The van der Waals surface area contributed by atoms with Gasteiger partial charge < -0.3 is 20.3 Å². The smallest absolute Gasteiger partial charge is 0.406 e. The van der Waals surface area contributed by atoms with Gasteiger partial charge in [-0.15, -0.1) is 11.8 Å². The van der Waals surface area contributed by atoms with E-state index in [0.717, 1.165) is 47.6 Å². The van der Waals surface area contributed by atoms with Crippen molar-refractivity contribution in [2.24, 2.45) is 5.92 Å². The minimum absolute atomic E-state index is 0.109. The summed E-state index contributed by atoms with van der Waals surface area (Å²) >= 11 is 1.52. The molecule has 2 aromatic carbocycles. The van der Waals surface area contributed by atoms with E-state index in [2.05, 4.69) is 29.4 Å². The Labute approximate surface area is 222 Å². The molecule has 0 atom stereocenters. The summed E-state index contributed by atoms with van der Waals surface area (Å²) in [5, 5.41) is 17.5. The van der Waals surface area contributed by atoms with Crippen LogP contribution in [0, 0.1) is 17.8 Å². The summed E-state index contributed by atoms with van der Waals surface area (Å²) in [6.07, 6.45) is 1.98. The summed E-state index contributed by atoms with van der Waals surface area (Å²) in [5.74, 6) is 6.65. The molecule has 1 aliphatic rings. The maximum atomic E-state index is 13.4. The molecule has 0 aliphatic heterocycles. The standard InChI is InChI=1S/C27H30F3N3OS.C2H6/c1-18-8-10-19(11-9-18)32-23-6-3-7-25-22(23)15-20(33(25)17-27(28,29)30)5-4-14-31-24-13-12-21(35-2)16-26(24)34;1-2/h3,6-7,12-13,15-16,18-19,31-32,34H,8-11,14,17H2,1-2H3;1-2H3.